The Morgan fingerprint density at radius 1 is 1.20 bits per heavy atom. The molecule has 3 nitrogen and oxygen atoms in total. The van der Waals surface area contributed by atoms with Crippen molar-refractivity contribution < 1.29 is 10.2 Å². The van der Waals surface area contributed by atoms with Gasteiger partial charge in [-0.1, -0.05) is 25.0 Å². The first kappa shape index (κ1) is 15.3. The molecule has 1 aromatic rings. The van der Waals surface area contributed by atoms with Crippen LogP contribution in [-0.4, -0.2) is 29.4 Å². The van der Waals surface area contributed by atoms with E-state index in [1.807, 2.05) is 12.1 Å². The molecule has 1 aliphatic carbocycles. The van der Waals surface area contributed by atoms with E-state index < -0.39 is 0 Å². The average Bonchev–Trinajstić information content (AvgIpc) is 2.94. The summed E-state index contributed by atoms with van der Waals surface area (Å²) >= 11 is 0. The molecule has 0 amide bonds. The third-order valence-corrected chi connectivity index (χ3v) is 4.63. The maximum Gasteiger partial charge on any atom is 0.115 e. The summed E-state index contributed by atoms with van der Waals surface area (Å²) in [5.74, 6) is 0.325. The highest BCUT2D eigenvalue weighted by molar-refractivity contribution is 5.25. The lowest BCUT2D eigenvalue weighted by atomic mass is 9.87. The fourth-order valence-electron chi connectivity index (χ4n) is 3.05. The number of rotatable bonds is 7. The number of aliphatic hydroxyl groups excluding tert-OH is 1. The quantitative estimate of drug-likeness (QED) is 0.718. The fourth-order valence-corrected chi connectivity index (χ4v) is 3.05. The minimum Gasteiger partial charge on any atom is -0.508 e. The van der Waals surface area contributed by atoms with Crippen LogP contribution in [0.15, 0.2) is 24.3 Å². The summed E-state index contributed by atoms with van der Waals surface area (Å²) in [5, 5.41) is 22.4. The summed E-state index contributed by atoms with van der Waals surface area (Å²) in [5.41, 5.74) is 1.39. The molecule has 0 heterocycles. The van der Waals surface area contributed by atoms with Crippen LogP contribution < -0.4 is 5.32 Å². The van der Waals surface area contributed by atoms with Crippen LogP contribution in [0.4, 0.5) is 0 Å². The fraction of sp³-hybridized carbons (Fsp3) is 0.647. The molecule has 1 aliphatic rings. The smallest absolute Gasteiger partial charge is 0.115 e. The van der Waals surface area contributed by atoms with Gasteiger partial charge in [-0.3, -0.25) is 0 Å². The first-order valence-electron chi connectivity index (χ1n) is 7.76. The average molecular weight is 277 g/mol. The summed E-state index contributed by atoms with van der Waals surface area (Å²) in [6, 6.07) is 7.90. The number of aromatic hydroxyl groups is 1. The molecule has 0 aromatic heterocycles. The van der Waals surface area contributed by atoms with E-state index in [-0.39, 0.29) is 5.41 Å². The van der Waals surface area contributed by atoms with E-state index >= 15 is 0 Å². The number of hydrogen-bond acceptors (Lipinski definition) is 3. The zero-order valence-corrected chi connectivity index (χ0v) is 12.4. The minimum atomic E-state index is 0.132. The van der Waals surface area contributed by atoms with E-state index in [4.69, 9.17) is 0 Å². The number of benzene rings is 1. The van der Waals surface area contributed by atoms with Crippen LogP contribution in [0.25, 0.3) is 0 Å². The predicted octanol–water partition coefficient (Wildman–Crippen LogP) is 2.86. The Bertz CT molecular complexity index is 396. The Kier molecular flexibility index (Phi) is 5.44. The molecule has 0 radical (unpaired) electrons. The van der Waals surface area contributed by atoms with Gasteiger partial charge in [0.25, 0.3) is 0 Å². The molecule has 1 unspecified atom stereocenters. The predicted molar refractivity (Wildman–Crippen MR) is 81.9 cm³/mol. The van der Waals surface area contributed by atoms with Gasteiger partial charge in [0.15, 0.2) is 0 Å². The van der Waals surface area contributed by atoms with Gasteiger partial charge in [-0.15, -0.1) is 0 Å². The molecular weight excluding hydrogens is 250 g/mol. The van der Waals surface area contributed by atoms with Crippen LogP contribution in [0, 0.1) is 5.41 Å². The van der Waals surface area contributed by atoms with Crippen LogP contribution in [0.3, 0.4) is 0 Å². The lowest BCUT2D eigenvalue weighted by Gasteiger charge is -2.28. The van der Waals surface area contributed by atoms with E-state index in [1.54, 1.807) is 12.1 Å². The summed E-state index contributed by atoms with van der Waals surface area (Å²) in [7, 11) is 0. The Morgan fingerprint density at radius 2 is 1.85 bits per heavy atom. The molecule has 112 valence electrons. The normalized spacial score (nSPS) is 19.1. The summed E-state index contributed by atoms with van der Waals surface area (Å²) in [4.78, 5) is 0. The van der Waals surface area contributed by atoms with Gasteiger partial charge in [0.1, 0.15) is 5.75 Å². The largest absolute Gasteiger partial charge is 0.508 e. The Balaban J connectivity index is 1.72. The number of hydrogen-bond donors (Lipinski definition) is 3. The number of phenols is 1. The van der Waals surface area contributed by atoms with E-state index in [9.17, 15) is 10.2 Å². The number of nitrogens with one attached hydrogen (secondary N) is 1. The number of aliphatic hydroxyl groups is 1. The van der Waals surface area contributed by atoms with Crippen molar-refractivity contribution in [2.24, 2.45) is 5.41 Å². The number of aryl methyl sites for hydroxylation is 1. The van der Waals surface area contributed by atoms with Crippen molar-refractivity contribution in [3.05, 3.63) is 29.8 Å². The van der Waals surface area contributed by atoms with Gasteiger partial charge in [0.2, 0.25) is 0 Å². The van der Waals surface area contributed by atoms with Crippen molar-refractivity contribution in [1.82, 2.24) is 5.32 Å². The van der Waals surface area contributed by atoms with Gasteiger partial charge in [-0.05, 0) is 50.3 Å². The second-order valence-corrected chi connectivity index (χ2v) is 6.35. The number of phenolic OH excluding ortho intramolecular Hbond substituents is 1. The molecule has 1 aromatic carbocycles. The molecule has 0 spiro atoms. The van der Waals surface area contributed by atoms with Gasteiger partial charge < -0.3 is 15.5 Å². The summed E-state index contributed by atoms with van der Waals surface area (Å²) < 4.78 is 0. The van der Waals surface area contributed by atoms with E-state index in [2.05, 4.69) is 12.2 Å². The lowest BCUT2D eigenvalue weighted by Crippen LogP contribution is -2.39. The maximum absolute atomic E-state index is 9.60. The Labute approximate surface area is 122 Å². The maximum atomic E-state index is 9.60. The van der Waals surface area contributed by atoms with Crippen molar-refractivity contribution in [1.29, 1.82) is 0 Å². The molecule has 1 saturated carbocycles. The van der Waals surface area contributed by atoms with Crippen molar-refractivity contribution in [2.75, 3.05) is 13.2 Å². The molecule has 2 rings (SSSR count). The van der Waals surface area contributed by atoms with Crippen LogP contribution in [0.5, 0.6) is 5.75 Å². The van der Waals surface area contributed by atoms with Gasteiger partial charge in [0, 0.05) is 24.6 Å². The molecule has 0 aliphatic heterocycles. The zero-order valence-electron chi connectivity index (χ0n) is 12.4. The summed E-state index contributed by atoms with van der Waals surface area (Å²) in [6.07, 6.45) is 6.91. The van der Waals surface area contributed by atoms with E-state index in [1.165, 1.54) is 18.4 Å². The molecule has 20 heavy (non-hydrogen) atoms. The SMILES string of the molecule is CC(CCc1ccc(O)cc1)NCC1(CO)CCCC1. The van der Waals surface area contributed by atoms with Gasteiger partial charge in [-0.2, -0.15) is 0 Å². The van der Waals surface area contributed by atoms with E-state index in [0.29, 0.717) is 18.4 Å². The van der Waals surface area contributed by atoms with Gasteiger partial charge in [0.05, 0.1) is 0 Å². The molecule has 1 fully saturated rings. The second kappa shape index (κ2) is 7.09. The van der Waals surface area contributed by atoms with Crippen LogP contribution >= 0.6 is 0 Å². The van der Waals surface area contributed by atoms with Crippen molar-refractivity contribution >= 4 is 0 Å². The Hall–Kier alpha value is -1.06. The summed E-state index contributed by atoms with van der Waals surface area (Å²) in [6.45, 7) is 3.45. The molecular formula is C17H27NO2. The third kappa shape index (κ3) is 4.22. The first-order valence-corrected chi connectivity index (χ1v) is 7.76. The molecule has 3 N–H and O–H groups in total. The zero-order chi connectivity index (χ0) is 14.4. The highest BCUT2D eigenvalue weighted by atomic mass is 16.3. The van der Waals surface area contributed by atoms with Crippen LogP contribution in [-0.2, 0) is 6.42 Å². The van der Waals surface area contributed by atoms with Crippen LogP contribution in [0.2, 0.25) is 0 Å². The monoisotopic (exact) mass is 277 g/mol. The van der Waals surface area contributed by atoms with Crippen LogP contribution in [0.1, 0.15) is 44.6 Å². The van der Waals surface area contributed by atoms with Gasteiger partial charge >= 0.3 is 0 Å². The molecule has 3 heteroatoms. The molecule has 1 atom stereocenters. The topological polar surface area (TPSA) is 52.5 Å². The Morgan fingerprint density at radius 3 is 2.45 bits per heavy atom. The highest BCUT2D eigenvalue weighted by Gasteiger charge is 2.32. The van der Waals surface area contributed by atoms with E-state index in [0.717, 1.165) is 32.2 Å². The van der Waals surface area contributed by atoms with Crippen molar-refractivity contribution in [3.63, 3.8) is 0 Å². The van der Waals surface area contributed by atoms with Gasteiger partial charge in [-0.25, -0.2) is 0 Å². The highest BCUT2D eigenvalue weighted by Crippen LogP contribution is 2.37. The molecule has 0 saturated heterocycles. The third-order valence-electron chi connectivity index (χ3n) is 4.63. The standard InChI is InChI=1S/C17H27NO2/c1-14(4-5-15-6-8-16(20)9-7-15)18-12-17(13-19)10-2-3-11-17/h6-9,14,18-20H,2-5,10-13H2,1H3. The second-order valence-electron chi connectivity index (χ2n) is 6.35. The lowest BCUT2D eigenvalue weighted by molar-refractivity contribution is 0.125. The van der Waals surface area contributed by atoms with Crippen molar-refractivity contribution in [3.8, 4) is 5.75 Å². The molecule has 0 bridgehead atoms. The van der Waals surface area contributed by atoms with Crippen molar-refractivity contribution in [2.45, 2.75) is 51.5 Å². The first-order chi connectivity index (χ1) is 9.63. The minimum absolute atomic E-state index is 0.132.